The van der Waals surface area contributed by atoms with Gasteiger partial charge in [0.1, 0.15) is 30.8 Å². The van der Waals surface area contributed by atoms with Gasteiger partial charge in [0.2, 0.25) is 23.8 Å². The second-order valence-electron chi connectivity index (χ2n) is 12.3. The highest BCUT2D eigenvalue weighted by Crippen LogP contribution is 2.10. The topological polar surface area (TPSA) is 219 Å². The van der Waals surface area contributed by atoms with Crippen LogP contribution in [0.1, 0.15) is 97.5 Å². The van der Waals surface area contributed by atoms with Crippen molar-refractivity contribution in [2.24, 2.45) is 5.73 Å². The second kappa shape index (κ2) is 26.1. The molecule has 0 unspecified atom stereocenters. The van der Waals surface area contributed by atoms with E-state index in [4.69, 9.17) is 19.9 Å². The molecule has 0 saturated heterocycles. The van der Waals surface area contributed by atoms with E-state index in [1.165, 1.54) is 26.0 Å². The summed E-state index contributed by atoms with van der Waals surface area (Å²) in [6.45, 7) is 6.82. The highest BCUT2D eigenvalue weighted by molar-refractivity contribution is 5.92. The average molecular weight is 733 g/mol. The van der Waals surface area contributed by atoms with Crippen LogP contribution in [-0.4, -0.2) is 85.6 Å². The Kier molecular flexibility index (Phi) is 22.7. The van der Waals surface area contributed by atoms with Crippen LogP contribution in [0.2, 0.25) is 0 Å². The minimum Gasteiger partial charge on any atom is -0.467 e. The van der Waals surface area contributed by atoms with Gasteiger partial charge in [-0.05, 0) is 38.7 Å². The van der Waals surface area contributed by atoms with Gasteiger partial charge in [-0.3, -0.25) is 19.2 Å². The third-order valence-corrected chi connectivity index (χ3v) is 7.59. The largest absolute Gasteiger partial charge is 0.467 e. The number of amides is 3. The van der Waals surface area contributed by atoms with Crippen molar-refractivity contribution in [3.63, 3.8) is 0 Å². The van der Waals surface area contributed by atoms with Crippen LogP contribution in [0.4, 0.5) is 0 Å². The molecule has 15 heteroatoms. The number of methoxy groups -OCH3 is 1. The fraction of sp³-hybridized carbons (Fsp3) is 0.595. The molecule has 0 aliphatic carbocycles. The smallest absolute Gasteiger partial charge is 0.347 e. The van der Waals surface area contributed by atoms with Crippen LogP contribution in [-0.2, 0) is 59.1 Å². The maximum atomic E-state index is 13.2. The zero-order chi connectivity index (χ0) is 38.9. The molecule has 1 aromatic carbocycles. The number of rotatable bonds is 25. The number of esters is 4. The maximum Gasteiger partial charge on any atom is 0.347 e. The molecule has 0 bridgehead atoms. The molecule has 5 N–H and O–H groups in total. The van der Waals surface area contributed by atoms with E-state index in [2.05, 4.69) is 27.6 Å². The van der Waals surface area contributed by atoms with Gasteiger partial charge < -0.3 is 40.6 Å². The molecule has 0 aliphatic heterocycles. The molecule has 3 amide bonds. The number of carbonyl (C=O) groups is 7. The summed E-state index contributed by atoms with van der Waals surface area (Å²) in [6, 6.07) is 4.36. The van der Waals surface area contributed by atoms with Crippen molar-refractivity contribution >= 4 is 41.6 Å². The van der Waals surface area contributed by atoms with Crippen molar-refractivity contribution in [2.45, 2.75) is 129 Å². The molecule has 0 fully saturated rings. The van der Waals surface area contributed by atoms with E-state index in [1.54, 1.807) is 24.3 Å². The van der Waals surface area contributed by atoms with Crippen molar-refractivity contribution in [3.8, 4) is 0 Å². The number of carbonyl (C=O) groups excluding carboxylic acids is 7. The number of benzene rings is 1. The standard InChI is InChI=1S/C37H56N4O11/c1-6-8-10-14-20-31(42)41-29(36(47)51-24-27-16-12-11-13-17-27)21-22-32(43)40-28(33(44)39-26(4)35(46)49-5)18-15-19-30(52-34(45)25(3)38)37(48)50-23-9-7-2/h11-13,15-18,25-26,28-30H,6-10,14,19-24,38H2,1-5H3,(H,39,44)(H,40,43)(H,41,42)/t25-,26+,28-,29+,30+/m0/s1. The Morgan fingerprint density at radius 2 is 1.44 bits per heavy atom. The number of unbranched alkanes of at least 4 members (excludes halogenated alkanes) is 4. The lowest BCUT2D eigenvalue weighted by atomic mass is 10.1. The molecule has 52 heavy (non-hydrogen) atoms. The molecule has 15 nitrogen and oxygen atoms in total. The Bertz CT molecular complexity index is 1320. The first-order valence-electron chi connectivity index (χ1n) is 17.8. The van der Waals surface area contributed by atoms with E-state index in [1.807, 2.05) is 13.0 Å². The summed E-state index contributed by atoms with van der Waals surface area (Å²) in [6.07, 6.45) is 5.57. The molecular weight excluding hydrogens is 676 g/mol. The van der Waals surface area contributed by atoms with Gasteiger partial charge in [-0.15, -0.1) is 0 Å². The summed E-state index contributed by atoms with van der Waals surface area (Å²) >= 11 is 0. The molecule has 0 saturated carbocycles. The van der Waals surface area contributed by atoms with Crippen molar-refractivity contribution in [3.05, 3.63) is 48.0 Å². The maximum absolute atomic E-state index is 13.2. The fourth-order valence-corrected chi connectivity index (χ4v) is 4.51. The SMILES string of the molecule is CCCCCCC(=O)N[C@H](CCC(=O)N[C@@H](C=CC[C@@H](OC(=O)[C@H](C)N)C(=O)OCCCC)C(=O)N[C@H](C)C(=O)OC)C(=O)OCc1ccccc1. The lowest BCUT2D eigenvalue weighted by molar-refractivity contribution is -0.168. The minimum absolute atomic E-state index is 0.0349. The van der Waals surface area contributed by atoms with Crippen LogP contribution >= 0.6 is 0 Å². The highest BCUT2D eigenvalue weighted by atomic mass is 16.6. The zero-order valence-corrected chi connectivity index (χ0v) is 31.0. The number of hydrogen-bond donors (Lipinski definition) is 4. The van der Waals surface area contributed by atoms with Crippen molar-refractivity contribution in [1.82, 2.24) is 16.0 Å². The van der Waals surface area contributed by atoms with E-state index in [0.717, 1.165) is 38.4 Å². The highest BCUT2D eigenvalue weighted by Gasteiger charge is 2.28. The third-order valence-electron chi connectivity index (χ3n) is 7.59. The van der Waals surface area contributed by atoms with Crippen molar-refractivity contribution in [2.75, 3.05) is 13.7 Å². The Balaban J connectivity index is 3.13. The average Bonchev–Trinajstić information content (AvgIpc) is 3.12. The summed E-state index contributed by atoms with van der Waals surface area (Å²) in [5.74, 6) is -4.94. The van der Waals surface area contributed by atoms with Crippen LogP contribution in [0.3, 0.4) is 0 Å². The van der Waals surface area contributed by atoms with Gasteiger partial charge in [0.05, 0.1) is 13.7 Å². The van der Waals surface area contributed by atoms with Gasteiger partial charge in [-0.1, -0.05) is 82.0 Å². The molecule has 1 aromatic rings. The molecule has 1 rings (SSSR count). The molecule has 0 heterocycles. The fourth-order valence-electron chi connectivity index (χ4n) is 4.51. The van der Waals surface area contributed by atoms with E-state index in [-0.39, 0.29) is 44.8 Å². The Labute approximate surface area is 306 Å². The van der Waals surface area contributed by atoms with Gasteiger partial charge in [-0.2, -0.15) is 0 Å². The Hall–Kier alpha value is -4.79. The van der Waals surface area contributed by atoms with Gasteiger partial charge in [0.15, 0.2) is 0 Å². The van der Waals surface area contributed by atoms with Crippen LogP contribution < -0.4 is 21.7 Å². The van der Waals surface area contributed by atoms with Gasteiger partial charge >= 0.3 is 23.9 Å². The lowest BCUT2D eigenvalue weighted by Gasteiger charge is -2.20. The molecule has 0 spiro atoms. The second-order valence-corrected chi connectivity index (χ2v) is 12.3. The summed E-state index contributed by atoms with van der Waals surface area (Å²) in [4.78, 5) is 89.0. The molecule has 0 aliphatic rings. The number of nitrogens with one attached hydrogen (secondary N) is 3. The van der Waals surface area contributed by atoms with Crippen molar-refractivity contribution in [1.29, 1.82) is 0 Å². The summed E-state index contributed by atoms with van der Waals surface area (Å²) < 4.78 is 20.5. The predicted octanol–water partition coefficient (Wildman–Crippen LogP) is 2.68. The monoisotopic (exact) mass is 732 g/mol. The summed E-state index contributed by atoms with van der Waals surface area (Å²) in [5.41, 5.74) is 6.34. The normalized spacial score (nSPS) is 13.8. The quantitative estimate of drug-likeness (QED) is 0.0494. The molecule has 5 atom stereocenters. The predicted molar refractivity (Wildman–Crippen MR) is 191 cm³/mol. The molecule has 290 valence electrons. The molecular formula is C37H56N4O11. The van der Waals surface area contributed by atoms with E-state index in [0.29, 0.717) is 12.8 Å². The molecule has 0 radical (unpaired) electrons. The van der Waals surface area contributed by atoms with Gasteiger partial charge in [0.25, 0.3) is 0 Å². The Morgan fingerprint density at radius 3 is 2.08 bits per heavy atom. The van der Waals surface area contributed by atoms with E-state index in [9.17, 15) is 33.6 Å². The van der Waals surface area contributed by atoms with Gasteiger partial charge in [-0.25, -0.2) is 14.4 Å². The minimum atomic E-state index is -1.38. The number of ether oxygens (including phenoxy) is 4. The number of hydrogen-bond acceptors (Lipinski definition) is 12. The Morgan fingerprint density at radius 1 is 0.769 bits per heavy atom. The van der Waals surface area contributed by atoms with Crippen LogP contribution in [0.25, 0.3) is 0 Å². The van der Waals surface area contributed by atoms with Crippen LogP contribution in [0, 0.1) is 0 Å². The first-order valence-corrected chi connectivity index (χ1v) is 17.8. The number of nitrogens with two attached hydrogens (primary N) is 1. The first-order chi connectivity index (χ1) is 24.8. The van der Waals surface area contributed by atoms with Gasteiger partial charge in [0, 0.05) is 19.3 Å². The summed E-state index contributed by atoms with van der Waals surface area (Å²) in [7, 11) is 1.15. The van der Waals surface area contributed by atoms with Crippen LogP contribution in [0.15, 0.2) is 42.5 Å². The van der Waals surface area contributed by atoms with Crippen LogP contribution in [0.5, 0.6) is 0 Å². The molecule has 0 aromatic heterocycles. The third kappa shape index (κ3) is 19.0. The first kappa shape index (κ1) is 45.2. The summed E-state index contributed by atoms with van der Waals surface area (Å²) in [5, 5.41) is 7.66. The zero-order valence-electron chi connectivity index (χ0n) is 31.0. The van der Waals surface area contributed by atoms with E-state index >= 15 is 0 Å². The lowest BCUT2D eigenvalue weighted by Crippen LogP contribution is -2.50. The van der Waals surface area contributed by atoms with Crippen molar-refractivity contribution < 1.29 is 52.5 Å². The van der Waals surface area contributed by atoms with E-state index < -0.39 is 66.0 Å².